The van der Waals surface area contributed by atoms with Gasteiger partial charge in [0.2, 0.25) is 17.8 Å². The molecule has 1 aromatic heterocycles. The lowest BCUT2D eigenvalue weighted by Crippen LogP contribution is -2.35. The Morgan fingerprint density at radius 2 is 1.08 bits per heavy atom. The van der Waals surface area contributed by atoms with Crippen molar-refractivity contribution in [3.8, 4) is 0 Å². The predicted octanol–water partition coefficient (Wildman–Crippen LogP) is 2.84. The zero-order valence-electron chi connectivity index (χ0n) is 13.3. The van der Waals surface area contributed by atoms with Crippen LogP contribution < -0.4 is 15.1 Å². The fourth-order valence-corrected chi connectivity index (χ4v) is 1.63. The molecule has 150 valence electrons. The van der Waals surface area contributed by atoms with Crippen molar-refractivity contribution in [1.29, 1.82) is 0 Å². The first kappa shape index (κ1) is 21.8. The lowest BCUT2D eigenvalue weighted by molar-refractivity contribution is -0.119. The van der Waals surface area contributed by atoms with Crippen molar-refractivity contribution in [3.05, 3.63) is 0 Å². The molecule has 0 spiro atoms. The van der Waals surface area contributed by atoms with Gasteiger partial charge < -0.3 is 15.1 Å². The Balaban J connectivity index is 3.17. The lowest BCUT2D eigenvalue weighted by atomic mass is 10.5. The zero-order valence-corrected chi connectivity index (χ0v) is 13.3. The van der Waals surface area contributed by atoms with E-state index in [9.17, 15) is 39.5 Å². The summed E-state index contributed by atoms with van der Waals surface area (Å²) in [7, 11) is 1.76. The Hall–Kier alpha value is -2.22. The number of anilines is 3. The van der Waals surface area contributed by atoms with E-state index in [1.807, 2.05) is 0 Å². The highest BCUT2D eigenvalue weighted by Crippen LogP contribution is 2.23. The molecule has 1 rings (SSSR count). The summed E-state index contributed by atoms with van der Waals surface area (Å²) in [6.07, 6.45) is -14.1. The number of hydrogen-bond acceptors (Lipinski definition) is 6. The van der Waals surface area contributed by atoms with Gasteiger partial charge in [-0.2, -0.15) is 54.5 Å². The maximum Gasteiger partial charge on any atom is 0.406 e. The molecule has 0 aliphatic heterocycles. The molecule has 1 N–H and O–H groups in total. The van der Waals surface area contributed by atoms with Gasteiger partial charge in [-0.1, -0.05) is 0 Å². The molecular weight excluding hydrogens is 387 g/mol. The maximum atomic E-state index is 12.4. The standard InChI is InChI=1S/C11H13F9N6/c1-25(4-10(15,16)17)7-22-6(21-3-9(12,13)14)23-8(24-7)26(2)5-11(18,19)20/h3-5H2,1-2H3,(H,21,22,23,24). The second-order valence-corrected chi connectivity index (χ2v) is 5.17. The third-order valence-corrected chi connectivity index (χ3v) is 2.57. The van der Waals surface area contributed by atoms with Crippen LogP contribution in [0.5, 0.6) is 0 Å². The van der Waals surface area contributed by atoms with Crippen LogP contribution in [0.2, 0.25) is 0 Å². The molecule has 0 radical (unpaired) electrons. The van der Waals surface area contributed by atoms with Crippen LogP contribution in [-0.2, 0) is 0 Å². The minimum Gasteiger partial charge on any atom is -0.345 e. The Morgan fingerprint density at radius 1 is 0.692 bits per heavy atom. The Labute approximate surface area is 141 Å². The van der Waals surface area contributed by atoms with Gasteiger partial charge in [0, 0.05) is 14.1 Å². The summed E-state index contributed by atoms with van der Waals surface area (Å²) in [5.41, 5.74) is 0. The molecule has 1 heterocycles. The van der Waals surface area contributed by atoms with Gasteiger partial charge in [0.15, 0.2) is 0 Å². The average molecular weight is 400 g/mol. The van der Waals surface area contributed by atoms with Gasteiger partial charge in [-0.3, -0.25) is 0 Å². The van der Waals surface area contributed by atoms with E-state index in [-0.39, 0.29) is 0 Å². The highest BCUT2D eigenvalue weighted by Gasteiger charge is 2.33. The smallest absolute Gasteiger partial charge is 0.345 e. The molecule has 6 nitrogen and oxygen atoms in total. The van der Waals surface area contributed by atoms with Crippen molar-refractivity contribution >= 4 is 17.8 Å². The van der Waals surface area contributed by atoms with Gasteiger partial charge in [-0.15, -0.1) is 0 Å². The average Bonchev–Trinajstić information content (AvgIpc) is 2.40. The van der Waals surface area contributed by atoms with Crippen LogP contribution in [0, 0.1) is 0 Å². The first-order chi connectivity index (χ1) is 11.6. The summed E-state index contributed by atoms with van der Waals surface area (Å²) in [6.45, 7) is -4.78. The highest BCUT2D eigenvalue weighted by molar-refractivity contribution is 5.44. The normalized spacial score (nSPS) is 12.9. The molecule has 1 aromatic rings. The molecule has 0 amide bonds. The molecule has 0 bridgehead atoms. The number of aromatic nitrogens is 3. The first-order valence-corrected chi connectivity index (χ1v) is 6.68. The second-order valence-electron chi connectivity index (χ2n) is 5.17. The molecule has 0 atom stereocenters. The number of alkyl halides is 9. The summed E-state index contributed by atoms with van der Waals surface area (Å²) in [5.74, 6) is -2.30. The molecule has 0 saturated carbocycles. The molecule has 26 heavy (non-hydrogen) atoms. The molecule has 0 fully saturated rings. The molecule has 0 saturated heterocycles. The van der Waals surface area contributed by atoms with E-state index in [1.54, 1.807) is 5.32 Å². The number of halogens is 9. The van der Waals surface area contributed by atoms with Crippen molar-refractivity contribution in [3.63, 3.8) is 0 Å². The summed E-state index contributed by atoms with van der Waals surface area (Å²) < 4.78 is 111. The van der Waals surface area contributed by atoms with E-state index in [1.165, 1.54) is 0 Å². The minimum absolute atomic E-state index is 0.422. The molecule has 0 aliphatic rings. The van der Waals surface area contributed by atoms with Crippen LogP contribution >= 0.6 is 0 Å². The Morgan fingerprint density at radius 3 is 1.38 bits per heavy atom. The van der Waals surface area contributed by atoms with Gasteiger partial charge in [0.25, 0.3) is 0 Å². The first-order valence-electron chi connectivity index (χ1n) is 6.68. The summed E-state index contributed by atoms with van der Waals surface area (Å²) in [5, 5.41) is 1.70. The van der Waals surface area contributed by atoms with Crippen LogP contribution in [0.4, 0.5) is 57.4 Å². The maximum absolute atomic E-state index is 12.4. The minimum atomic E-state index is -4.71. The topological polar surface area (TPSA) is 57.2 Å². The van der Waals surface area contributed by atoms with Crippen molar-refractivity contribution in [2.24, 2.45) is 0 Å². The van der Waals surface area contributed by atoms with Crippen molar-refractivity contribution in [2.75, 3.05) is 48.8 Å². The lowest BCUT2D eigenvalue weighted by Gasteiger charge is -2.23. The SMILES string of the molecule is CN(CC(F)(F)F)c1nc(NCC(F)(F)F)nc(N(C)CC(F)(F)F)n1. The highest BCUT2D eigenvalue weighted by atomic mass is 19.4. The van der Waals surface area contributed by atoms with Crippen LogP contribution in [0.3, 0.4) is 0 Å². The summed E-state index contributed by atoms with van der Waals surface area (Å²) in [4.78, 5) is 11.1. The van der Waals surface area contributed by atoms with Gasteiger partial charge in [0.1, 0.15) is 19.6 Å². The predicted molar refractivity (Wildman–Crippen MR) is 73.0 cm³/mol. The number of hydrogen-bond donors (Lipinski definition) is 1. The van der Waals surface area contributed by atoms with Crippen molar-refractivity contribution < 1.29 is 39.5 Å². The Kier molecular flexibility index (Phi) is 6.35. The molecular formula is C11H13F9N6. The van der Waals surface area contributed by atoms with Gasteiger partial charge in [0.05, 0.1) is 0 Å². The fraction of sp³-hybridized carbons (Fsp3) is 0.727. The van der Waals surface area contributed by atoms with Crippen LogP contribution in [0.25, 0.3) is 0 Å². The molecule has 0 aromatic carbocycles. The summed E-state index contributed by atoms with van der Waals surface area (Å²) in [6, 6.07) is 0. The third-order valence-electron chi connectivity index (χ3n) is 2.57. The number of nitrogens with one attached hydrogen (secondary N) is 1. The fourth-order valence-electron chi connectivity index (χ4n) is 1.63. The van der Waals surface area contributed by atoms with E-state index in [2.05, 4.69) is 15.0 Å². The molecule has 15 heteroatoms. The quantitative estimate of drug-likeness (QED) is 0.742. The van der Waals surface area contributed by atoms with E-state index in [4.69, 9.17) is 0 Å². The Bertz CT molecular complexity index is 557. The van der Waals surface area contributed by atoms with Gasteiger partial charge in [-0.05, 0) is 0 Å². The number of nitrogens with zero attached hydrogens (tertiary/aromatic N) is 5. The van der Waals surface area contributed by atoms with Gasteiger partial charge in [-0.25, -0.2) is 0 Å². The van der Waals surface area contributed by atoms with Crippen LogP contribution in [0.15, 0.2) is 0 Å². The third kappa shape index (κ3) is 8.24. The van der Waals surface area contributed by atoms with Crippen molar-refractivity contribution in [1.82, 2.24) is 15.0 Å². The van der Waals surface area contributed by atoms with E-state index in [0.717, 1.165) is 14.1 Å². The molecule has 0 aliphatic carbocycles. The summed E-state index contributed by atoms with van der Waals surface area (Å²) >= 11 is 0. The van der Waals surface area contributed by atoms with Crippen LogP contribution in [0.1, 0.15) is 0 Å². The molecule has 0 unspecified atom stereocenters. The largest absolute Gasteiger partial charge is 0.406 e. The van der Waals surface area contributed by atoms with E-state index in [0.29, 0.717) is 9.80 Å². The number of rotatable bonds is 6. The zero-order chi connectivity index (χ0) is 20.3. The second kappa shape index (κ2) is 7.57. The monoisotopic (exact) mass is 400 g/mol. The van der Waals surface area contributed by atoms with Crippen LogP contribution in [-0.4, -0.2) is 67.2 Å². The van der Waals surface area contributed by atoms with E-state index >= 15 is 0 Å². The van der Waals surface area contributed by atoms with Gasteiger partial charge >= 0.3 is 18.5 Å². The van der Waals surface area contributed by atoms with E-state index < -0.39 is 56.0 Å². The van der Waals surface area contributed by atoms with Crippen molar-refractivity contribution in [2.45, 2.75) is 18.5 Å².